The average Bonchev–Trinajstić information content (AvgIpc) is 3.15. The van der Waals surface area contributed by atoms with Crippen molar-refractivity contribution in [1.29, 1.82) is 0 Å². The maximum atomic E-state index is 12.9. The summed E-state index contributed by atoms with van der Waals surface area (Å²) in [5.74, 6) is 0.755. The standard InChI is InChI=1S/C14H21FN2/c15-13-4-6-14(7-5-13)17(10-1-9-16)11-8-12-2-3-12/h4-7,12H,1-3,8-11,16H2. The molecule has 0 bridgehead atoms. The Bertz CT molecular complexity index is 333. The minimum Gasteiger partial charge on any atom is -0.371 e. The van der Waals surface area contributed by atoms with Crippen LogP contribution in [0.4, 0.5) is 10.1 Å². The fourth-order valence-electron chi connectivity index (χ4n) is 2.05. The van der Waals surface area contributed by atoms with Crippen molar-refractivity contribution >= 4 is 5.69 Å². The number of hydrogen-bond acceptors (Lipinski definition) is 2. The number of rotatable bonds is 7. The van der Waals surface area contributed by atoms with Gasteiger partial charge in [0.05, 0.1) is 0 Å². The van der Waals surface area contributed by atoms with Crippen LogP contribution < -0.4 is 10.6 Å². The molecule has 2 nitrogen and oxygen atoms in total. The molecule has 1 aromatic rings. The van der Waals surface area contributed by atoms with Crippen molar-refractivity contribution in [3.63, 3.8) is 0 Å². The van der Waals surface area contributed by atoms with Crippen LogP contribution in [0, 0.1) is 11.7 Å². The van der Waals surface area contributed by atoms with Gasteiger partial charge >= 0.3 is 0 Å². The van der Waals surface area contributed by atoms with Gasteiger partial charge in [-0.2, -0.15) is 0 Å². The normalized spacial score (nSPS) is 14.9. The van der Waals surface area contributed by atoms with Crippen LogP contribution in [-0.2, 0) is 0 Å². The molecule has 3 heteroatoms. The molecule has 1 fully saturated rings. The zero-order chi connectivity index (χ0) is 12.1. The van der Waals surface area contributed by atoms with Crippen molar-refractivity contribution in [1.82, 2.24) is 0 Å². The van der Waals surface area contributed by atoms with Gasteiger partial charge in [-0.3, -0.25) is 0 Å². The molecule has 0 aliphatic heterocycles. The first-order valence-electron chi connectivity index (χ1n) is 6.50. The summed E-state index contributed by atoms with van der Waals surface area (Å²) in [4.78, 5) is 2.32. The molecular weight excluding hydrogens is 215 g/mol. The zero-order valence-corrected chi connectivity index (χ0v) is 10.2. The SMILES string of the molecule is NCCCN(CCC1CC1)c1ccc(F)cc1. The van der Waals surface area contributed by atoms with Crippen molar-refractivity contribution in [3.05, 3.63) is 30.1 Å². The lowest BCUT2D eigenvalue weighted by atomic mass is 10.2. The van der Waals surface area contributed by atoms with Crippen molar-refractivity contribution < 1.29 is 4.39 Å². The minimum absolute atomic E-state index is 0.172. The zero-order valence-electron chi connectivity index (χ0n) is 10.2. The van der Waals surface area contributed by atoms with E-state index in [9.17, 15) is 4.39 Å². The van der Waals surface area contributed by atoms with Gasteiger partial charge in [-0.25, -0.2) is 4.39 Å². The van der Waals surface area contributed by atoms with Crippen molar-refractivity contribution in [2.75, 3.05) is 24.5 Å². The molecule has 1 aromatic carbocycles. The minimum atomic E-state index is -0.172. The Balaban J connectivity index is 1.93. The van der Waals surface area contributed by atoms with Gasteiger partial charge in [0.1, 0.15) is 5.82 Å². The van der Waals surface area contributed by atoms with Crippen molar-refractivity contribution in [3.8, 4) is 0 Å². The van der Waals surface area contributed by atoms with Crippen LogP contribution in [0.5, 0.6) is 0 Å². The van der Waals surface area contributed by atoms with Gasteiger partial charge < -0.3 is 10.6 Å². The van der Waals surface area contributed by atoms with Crippen LogP contribution in [0.2, 0.25) is 0 Å². The monoisotopic (exact) mass is 236 g/mol. The molecule has 1 aliphatic carbocycles. The molecule has 0 unspecified atom stereocenters. The molecule has 1 saturated carbocycles. The second kappa shape index (κ2) is 6.01. The maximum absolute atomic E-state index is 12.9. The third kappa shape index (κ3) is 4.00. The summed E-state index contributed by atoms with van der Waals surface area (Å²) < 4.78 is 12.9. The van der Waals surface area contributed by atoms with Gasteiger partial charge in [-0.1, -0.05) is 12.8 Å². The Kier molecular flexibility index (Phi) is 4.37. The van der Waals surface area contributed by atoms with E-state index in [1.165, 1.54) is 31.4 Å². The quantitative estimate of drug-likeness (QED) is 0.788. The molecule has 0 spiro atoms. The molecule has 2 rings (SSSR count). The third-order valence-corrected chi connectivity index (χ3v) is 3.33. The van der Waals surface area contributed by atoms with E-state index in [-0.39, 0.29) is 5.82 Å². The van der Waals surface area contributed by atoms with E-state index in [1.54, 1.807) is 0 Å². The largest absolute Gasteiger partial charge is 0.371 e. The second-order valence-electron chi connectivity index (χ2n) is 4.84. The van der Waals surface area contributed by atoms with E-state index in [2.05, 4.69) is 4.90 Å². The summed E-state index contributed by atoms with van der Waals surface area (Å²) in [6, 6.07) is 6.78. The summed E-state index contributed by atoms with van der Waals surface area (Å²) in [6.45, 7) is 2.74. The van der Waals surface area contributed by atoms with E-state index in [0.717, 1.165) is 31.1 Å². The molecule has 0 amide bonds. The lowest BCUT2D eigenvalue weighted by molar-refractivity contribution is 0.625. The predicted molar refractivity (Wildman–Crippen MR) is 69.6 cm³/mol. The van der Waals surface area contributed by atoms with E-state index < -0.39 is 0 Å². The highest BCUT2D eigenvalue weighted by atomic mass is 19.1. The lowest BCUT2D eigenvalue weighted by Gasteiger charge is -2.24. The molecule has 1 aliphatic rings. The Hall–Kier alpha value is -1.09. The summed E-state index contributed by atoms with van der Waals surface area (Å²) in [7, 11) is 0. The number of halogens is 1. The summed E-state index contributed by atoms with van der Waals surface area (Å²) in [6.07, 6.45) is 5.01. The maximum Gasteiger partial charge on any atom is 0.123 e. The molecule has 0 saturated heterocycles. The van der Waals surface area contributed by atoms with Gasteiger partial charge in [0.15, 0.2) is 0 Å². The Morgan fingerprint density at radius 3 is 2.47 bits per heavy atom. The fraction of sp³-hybridized carbons (Fsp3) is 0.571. The van der Waals surface area contributed by atoms with Gasteiger partial charge in [-0.15, -0.1) is 0 Å². The number of nitrogens with two attached hydrogens (primary N) is 1. The lowest BCUT2D eigenvalue weighted by Crippen LogP contribution is -2.27. The average molecular weight is 236 g/mol. The third-order valence-electron chi connectivity index (χ3n) is 3.33. The van der Waals surface area contributed by atoms with Crippen LogP contribution in [0.25, 0.3) is 0 Å². The van der Waals surface area contributed by atoms with Gasteiger partial charge in [0.2, 0.25) is 0 Å². The Morgan fingerprint density at radius 1 is 1.18 bits per heavy atom. The molecule has 2 N–H and O–H groups in total. The highest BCUT2D eigenvalue weighted by Gasteiger charge is 2.21. The highest BCUT2D eigenvalue weighted by molar-refractivity contribution is 5.46. The fourth-order valence-corrected chi connectivity index (χ4v) is 2.05. The predicted octanol–water partition coefficient (Wildman–Crippen LogP) is 2.78. The molecule has 0 heterocycles. The molecule has 0 atom stereocenters. The highest BCUT2D eigenvalue weighted by Crippen LogP contribution is 2.33. The van der Waals surface area contributed by atoms with E-state index >= 15 is 0 Å². The van der Waals surface area contributed by atoms with Crippen LogP contribution in [0.15, 0.2) is 24.3 Å². The van der Waals surface area contributed by atoms with Gasteiger partial charge in [0, 0.05) is 18.8 Å². The van der Waals surface area contributed by atoms with Gasteiger partial charge in [0.25, 0.3) is 0 Å². The summed E-state index contributed by atoms with van der Waals surface area (Å²) in [5.41, 5.74) is 6.67. The summed E-state index contributed by atoms with van der Waals surface area (Å²) in [5, 5.41) is 0. The number of anilines is 1. The van der Waals surface area contributed by atoms with E-state index in [4.69, 9.17) is 5.73 Å². The number of hydrogen-bond donors (Lipinski definition) is 1. The summed E-state index contributed by atoms with van der Waals surface area (Å²) >= 11 is 0. The van der Waals surface area contributed by atoms with E-state index in [0.29, 0.717) is 6.54 Å². The molecule has 0 aromatic heterocycles. The van der Waals surface area contributed by atoms with Crippen LogP contribution >= 0.6 is 0 Å². The van der Waals surface area contributed by atoms with Crippen LogP contribution in [0.3, 0.4) is 0 Å². The molecule has 94 valence electrons. The smallest absolute Gasteiger partial charge is 0.123 e. The van der Waals surface area contributed by atoms with Crippen molar-refractivity contribution in [2.45, 2.75) is 25.7 Å². The van der Waals surface area contributed by atoms with E-state index in [1.807, 2.05) is 12.1 Å². The number of benzene rings is 1. The molecular formula is C14H21FN2. The van der Waals surface area contributed by atoms with Gasteiger partial charge in [-0.05, 0) is 49.6 Å². The number of nitrogens with zero attached hydrogens (tertiary/aromatic N) is 1. The second-order valence-corrected chi connectivity index (χ2v) is 4.84. The topological polar surface area (TPSA) is 29.3 Å². The van der Waals surface area contributed by atoms with Crippen molar-refractivity contribution in [2.24, 2.45) is 11.7 Å². The van der Waals surface area contributed by atoms with Crippen LogP contribution in [-0.4, -0.2) is 19.6 Å². The molecule has 0 radical (unpaired) electrons. The Morgan fingerprint density at radius 2 is 1.88 bits per heavy atom. The first-order valence-corrected chi connectivity index (χ1v) is 6.50. The first-order chi connectivity index (χ1) is 8.29. The molecule has 17 heavy (non-hydrogen) atoms. The first kappa shape index (κ1) is 12.4. The van der Waals surface area contributed by atoms with Crippen LogP contribution in [0.1, 0.15) is 25.7 Å². The Labute approximate surface area is 103 Å².